The molecule has 0 aromatic rings. The highest BCUT2D eigenvalue weighted by Gasteiger charge is 2.53. The molecule has 3 heterocycles. The number of ether oxygens (including phenoxy) is 6. The molecule has 3 aliphatic heterocycles. The molecule has 19 heteroatoms. The first-order valence-corrected chi connectivity index (χ1v) is 30.4. The van der Waals surface area contributed by atoms with Gasteiger partial charge in [-0.15, -0.1) is 0 Å². The Morgan fingerprint density at radius 3 is 1.37 bits per heavy atom. The van der Waals surface area contributed by atoms with Crippen molar-refractivity contribution in [3.63, 3.8) is 0 Å². The van der Waals surface area contributed by atoms with Gasteiger partial charge in [-0.1, -0.05) is 184 Å². The number of aliphatic hydroxyl groups excluding tert-OH is 11. The third kappa shape index (κ3) is 27.3. The smallest absolute Gasteiger partial charge is 0.220 e. The molecule has 17 unspecified atom stereocenters. The normalized spacial score (nSPS) is 30.6. The van der Waals surface area contributed by atoms with Crippen LogP contribution in [-0.4, -0.2) is 193 Å². The SMILES string of the molecule is CC/C=C\C/C=C\C/C=C\C/C=C\CCCCCCCCCCCCCCCCCCC(=O)NC(COC1OC(CO)C(OC2OC(CO)C(OC3OC(CO)C(O)C(O)C3O)C(O)C2O)C(O)C1O)C(O)CCCCCCC. The van der Waals surface area contributed by atoms with Crippen molar-refractivity contribution in [2.75, 3.05) is 26.4 Å². The maximum Gasteiger partial charge on any atom is 0.220 e. The average molecular weight is 1130 g/mol. The van der Waals surface area contributed by atoms with Crippen molar-refractivity contribution >= 4 is 5.91 Å². The molecule has 0 saturated carbocycles. The van der Waals surface area contributed by atoms with E-state index < -0.39 is 124 Å². The first kappa shape index (κ1) is 71.0. The van der Waals surface area contributed by atoms with Gasteiger partial charge in [-0.05, 0) is 51.4 Å². The van der Waals surface area contributed by atoms with Crippen LogP contribution in [0.5, 0.6) is 0 Å². The van der Waals surface area contributed by atoms with E-state index in [0.717, 1.165) is 77.0 Å². The van der Waals surface area contributed by atoms with Crippen LogP contribution in [0.4, 0.5) is 0 Å². The summed E-state index contributed by atoms with van der Waals surface area (Å²) in [5.41, 5.74) is 0. The molecule has 460 valence electrons. The van der Waals surface area contributed by atoms with E-state index in [2.05, 4.69) is 67.8 Å². The fraction of sp³-hybridized carbons (Fsp3) is 0.850. The summed E-state index contributed by atoms with van der Waals surface area (Å²) in [4.78, 5) is 13.2. The average Bonchev–Trinajstić information content (AvgIpc) is 3.48. The summed E-state index contributed by atoms with van der Waals surface area (Å²) < 4.78 is 34.1. The lowest BCUT2D eigenvalue weighted by Gasteiger charge is -2.48. The standard InChI is InChI=1S/C60H107NO18/c1-3-5-7-9-10-11-12-13-14-15-16-17-18-19-20-21-22-23-24-25-26-27-28-29-30-31-32-34-36-38-48(66)61-43(44(65)37-35-33-8-6-4-2)42-74-58-54(72)51(69)56(46(40-63)76-58)79-60-55(73)52(70)57(47(41-64)77-60)78-59-53(71)50(68)49(67)45(39-62)75-59/h5,7,10-11,13-14,16-17,43-47,49-60,62-65,67-73H,3-4,6,8-9,12,15,18-42H2,1-2H3,(H,61,66)/b7-5-,11-10-,14-13-,17-16-. The molecule has 12 N–H and O–H groups in total. The molecule has 3 fully saturated rings. The summed E-state index contributed by atoms with van der Waals surface area (Å²) in [6.45, 7) is 1.56. The van der Waals surface area contributed by atoms with E-state index in [9.17, 15) is 61.0 Å². The summed E-state index contributed by atoms with van der Waals surface area (Å²) in [6, 6.07) is -0.883. The van der Waals surface area contributed by atoms with Crippen LogP contribution in [0.15, 0.2) is 48.6 Å². The van der Waals surface area contributed by atoms with Gasteiger partial charge in [-0.3, -0.25) is 4.79 Å². The van der Waals surface area contributed by atoms with Gasteiger partial charge in [0.05, 0.1) is 38.6 Å². The lowest BCUT2D eigenvalue weighted by Crippen LogP contribution is -2.66. The monoisotopic (exact) mass is 1130 g/mol. The summed E-state index contributed by atoms with van der Waals surface area (Å²) in [7, 11) is 0. The van der Waals surface area contributed by atoms with Crippen LogP contribution in [0.25, 0.3) is 0 Å². The molecule has 3 saturated heterocycles. The minimum absolute atomic E-state index is 0.251. The summed E-state index contributed by atoms with van der Waals surface area (Å²) in [5, 5.41) is 120. The molecule has 0 radical (unpaired) electrons. The van der Waals surface area contributed by atoms with Gasteiger partial charge in [0, 0.05) is 6.42 Å². The molecule has 79 heavy (non-hydrogen) atoms. The lowest BCUT2D eigenvalue weighted by molar-refractivity contribution is -0.379. The quantitative estimate of drug-likeness (QED) is 0.0265. The molecule has 0 aromatic carbocycles. The third-order valence-electron chi connectivity index (χ3n) is 15.2. The number of carbonyl (C=O) groups is 1. The predicted molar refractivity (Wildman–Crippen MR) is 300 cm³/mol. The highest BCUT2D eigenvalue weighted by molar-refractivity contribution is 5.76. The molecule has 3 aliphatic rings. The number of rotatable bonds is 44. The fourth-order valence-electron chi connectivity index (χ4n) is 10.2. The van der Waals surface area contributed by atoms with Gasteiger partial charge in [0.2, 0.25) is 5.91 Å². The number of aliphatic hydroxyl groups is 11. The van der Waals surface area contributed by atoms with Gasteiger partial charge in [-0.25, -0.2) is 0 Å². The topological polar surface area (TPSA) is 307 Å². The number of allylic oxidation sites excluding steroid dienone is 8. The molecular formula is C60H107NO18. The summed E-state index contributed by atoms with van der Waals surface area (Å²) >= 11 is 0. The molecule has 1 amide bonds. The highest BCUT2D eigenvalue weighted by Crippen LogP contribution is 2.33. The van der Waals surface area contributed by atoms with E-state index in [0.29, 0.717) is 12.8 Å². The summed E-state index contributed by atoms with van der Waals surface area (Å²) in [5.74, 6) is -0.251. The van der Waals surface area contributed by atoms with Crippen molar-refractivity contribution in [1.29, 1.82) is 0 Å². The van der Waals surface area contributed by atoms with Gasteiger partial charge in [0.25, 0.3) is 0 Å². The minimum Gasteiger partial charge on any atom is -0.394 e. The number of unbranched alkanes of at least 4 members (excludes halogenated alkanes) is 20. The zero-order valence-electron chi connectivity index (χ0n) is 47.8. The van der Waals surface area contributed by atoms with E-state index >= 15 is 0 Å². The van der Waals surface area contributed by atoms with E-state index in [1.807, 2.05) is 0 Å². The van der Waals surface area contributed by atoms with Crippen molar-refractivity contribution in [1.82, 2.24) is 5.32 Å². The van der Waals surface area contributed by atoms with Crippen molar-refractivity contribution in [3.05, 3.63) is 48.6 Å². The Kier molecular flexibility index (Phi) is 39.0. The van der Waals surface area contributed by atoms with Crippen molar-refractivity contribution in [2.45, 2.75) is 298 Å². The summed E-state index contributed by atoms with van der Waals surface area (Å²) in [6.07, 6.45) is 21.5. The van der Waals surface area contributed by atoms with Crippen molar-refractivity contribution in [3.8, 4) is 0 Å². The molecule has 17 atom stereocenters. The molecule has 3 rings (SSSR count). The van der Waals surface area contributed by atoms with Gasteiger partial charge < -0.3 is 89.9 Å². The zero-order valence-corrected chi connectivity index (χ0v) is 47.8. The lowest BCUT2D eigenvalue weighted by atomic mass is 9.96. The third-order valence-corrected chi connectivity index (χ3v) is 15.2. The first-order chi connectivity index (χ1) is 38.3. The highest BCUT2D eigenvalue weighted by atomic mass is 16.8. The number of amides is 1. The Morgan fingerprint density at radius 2 is 0.873 bits per heavy atom. The van der Waals surface area contributed by atoms with Crippen molar-refractivity contribution in [2.24, 2.45) is 0 Å². The molecule has 0 aromatic heterocycles. The van der Waals surface area contributed by atoms with E-state index in [4.69, 9.17) is 28.4 Å². The van der Waals surface area contributed by atoms with Crippen LogP contribution in [0, 0.1) is 0 Å². The van der Waals surface area contributed by atoms with Crippen LogP contribution < -0.4 is 5.32 Å². The molecular weight excluding hydrogens is 1020 g/mol. The van der Waals surface area contributed by atoms with Crippen molar-refractivity contribution < 1.29 is 89.4 Å². The predicted octanol–water partition coefficient (Wildman–Crippen LogP) is 5.48. The Balaban J connectivity index is 1.33. The number of hydrogen-bond acceptors (Lipinski definition) is 18. The maximum atomic E-state index is 13.2. The van der Waals surface area contributed by atoms with Gasteiger partial charge in [0.1, 0.15) is 73.2 Å². The van der Waals surface area contributed by atoms with Gasteiger partial charge in [-0.2, -0.15) is 0 Å². The number of carbonyl (C=O) groups excluding carboxylic acids is 1. The fourth-order valence-corrected chi connectivity index (χ4v) is 10.2. The largest absolute Gasteiger partial charge is 0.394 e. The Bertz CT molecular complexity index is 1630. The van der Waals surface area contributed by atoms with E-state index in [-0.39, 0.29) is 18.9 Å². The van der Waals surface area contributed by atoms with Crippen LogP contribution in [0.3, 0.4) is 0 Å². The van der Waals surface area contributed by atoms with Crippen LogP contribution in [0.1, 0.15) is 194 Å². The second kappa shape index (κ2) is 43.4. The first-order valence-electron chi connectivity index (χ1n) is 30.4. The van der Waals surface area contributed by atoms with Crippen LogP contribution in [0.2, 0.25) is 0 Å². The molecule has 0 bridgehead atoms. The molecule has 19 nitrogen and oxygen atoms in total. The van der Waals surface area contributed by atoms with E-state index in [1.54, 1.807) is 0 Å². The van der Waals surface area contributed by atoms with Gasteiger partial charge in [0.15, 0.2) is 18.9 Å². The van der Waals surface area contributed by atoms with Crippen LogP contribution >= 0.6 is 0 Å². The zero-order chi connectivity index (χ0) is 57.6. The molecule has 0 spiro atoms. The maximum absolute atomic E-state index is 13.2. The number of hydrogen-bond donors (Lipinski definition) is 12. The second-order valence-electron chi connectivity index (χ2n) is 21.8. The minimum atomic E-state index is -1.97. The van der Waals surface area contributed by atoms with E-state index in [1.165, 1.54) is 83.5 Å². The second-order valence-corrected chi connectivity index (χ2v) is 21.8. The van der Waals surface area contributed by atoms with Crippen LogP contribution in [-0.2, 0) is 33.2 Å². The Morgan fingerprint density at radius 1 is 0.468 bits per heavy atom. The Labute approximate surface area is 472 Å². The van der Waals surface area contributed by atoms with Gasteiger partial charge >= 0.3 is 0 Å². The Hall–Kier alpha value is -2.25. The molecule has 0 aliphatic carbocycles. The number of nitrogens with one attached hydrogen (secondary N) is 1.